The molecule has 0 aliphatic rings. The van der Waals surface area contributed by atoms with E-state index in [0.717, 1.165) is 16.8 Å². The van der Waals surface area contributed by atoms with E-state index in [4.69, 9.17) is 0 Å². The van der Waals surface area contributed by atoms with Gasteiger partial charge in [0.15, 0.2) is 0 Å². The zero-order valence-corrected chi connectivity index (χ0v) is 13.8. The first kappa shape index (κ1) is 16.4. The van der Waals surface area contributed by atoms with Gasteiger partial charge >= 0.3 is 0 Å². The van der Waals surface area contributed by atoms with Crippen molar-refractivity contribution in [3.63, 3.8) is 0 Å². The smallest absolute Gasteiger partial charge is 0.0914 e. The highest BCUT2D eigenvalue weighted by atomic mass is 16.3. The van der Waals surface area contributed by atoms with E-state index in [1.54, 1.807) is 6.20 Å². The molecular formula is C21H22N2O. The predicted octanol–water partition coefficient (Wildman–Crippen LogP) is 3.80. The van der Waals surface area contributed by atoms with Crippen molar-refractivity contribution in [2.75, 3.05) is 6.54 Å². The lowest BCUT2D eigenvalue weighted by Gasteiger charge is -2.21. The van der Waals surface area contributed by atoms with E-state index < -0.39 is 6.10 Å². The molecular weight excluding hydrogens is 296 g/mol. The van der Waals surface area contributed by atoms with Crippen molar-refractivity contribution in [1.29, 1.82) is 0 Å². The number of benzene rings is 2. The Morgan fingerprint density at radius 2 is 1.58 bits per heavy atom. The fourth-order valence-corrected chi connectivity index (χ4v) is 2.72. The molecule has 122 valence electrons. The lowest BCUT2D eigenvalue weighted by Crippen LogP contribution is -2.28. The van der Waals surface area contributed by atoms with Crippen LogP contribution in [-0.2, 0) is 0 Å². The van der Waals surface area contributed by atoms with Crippen LogP contribution in [0.1, 0.15) is 34.5 Å². The van der Waals surface area contributed by atoms with Crippen LogP contribution in [0, 0.1) is 6.92 Å². The summed E-state index contributed by atoms with van der Waals surface area (Å²) >= 11 is 0. The monoisotopic (exact) mass is 318 g/mol. The maximum atomic E-state index is 10.5. The van der Waals surface area contributed by atoms with Gasteiger partial charge in [0, 0.05) is 12.7 Å². The number of hydrogen-bond donors (Lipinski definition) is 2. The second-order valence-electron chi connectivity index (χ2n) is 5.93. The Morgan fingerprint density at radius 3 is 2.25 bits per heavy atom. The molecule has 3 nitrogen and oxygen atoms in total. The van der Waals surface area contributed by atoms with Crippen LogP contribution in [0.15, 0.2) is 79.0 Å². The number of aromatic nitrogens is 1. The molecule has 0 unspecified atom stereocenters. The molecule has 0 radical (unpaired) electrons. The van der Waals surface area contributed by atoms with Crippen molar-refractivity contribution in [3.8, 4) is 0 Å². The van der Waals surface area contributed by atoms with Crippen LogP contribution in [-0.4, -0.2) is 16.6 Å². The third-order valence-electron chi connectivity index (χ3n) is 4.09. The topological polar surface area (TPSA) is 45.1 Å². The third-order valence-corrected chi connectivity index (χ3v) is 4.09. The molecule has 0 aliphatic heterocycles. The van der Waals surface area contributed by atoms with Crippen molar-refractivity contribution >= 4 is 0 Å². The summed E-state index contributed by atoms with van der Waals surface area (Å²) in [6.07, 6.45) is 1.24. The maximum absolute atomic E-state index is 10.5. The first-order valence-corrected chi connectivity index (χ1v) is 8.18. The number of nitrogens with zero attached hydrogens (tertiary/aromatic N) is 1. The quantitative estimate of drug-likeness (QED) is 0.726. The Bertz CT molecular complexity index is 702. The number of aryl methyl sites for hydroxylation is 1. The number of pyridine rings is 1. The molecule has 0 saturated carbocycles. The number of aliphatic hydroxyl groups is 1. The van der Waals surface area contributed by atoms with E-state index in [2.05, 4.69) is 22.4 Å². The predicted molar refractivity (Wildman–Crippen MR) is 96.7 cm³/mol. The van der Waals surface area contributed by atoms with Gasteiger partial charge in [-0.1, -0.05) is 66.2 Å². The van der Waals surface area contributed by atoms with Crippen LogP contribution < -0.4 is 5.32 Å². The van der Waals surface area contributed by atoms with Crippen molar-refractivity contribution in [3.05, 3.63) is 101 Å². The van der Waals surface area contributed by atoms with Gasteiger partial charge in [-0.25, -0.2) is 0 Å². The van der Waals surface area contributed by atoms with Crippen molar-refractivity contribution in [1.82, 2.24) is 10.3 Å². The van der Waals surface area contributed by atoms with Crippen LogP contribution in [0.4, 0.5) is 0 Å². The number of hydrogen-bond acceptors (Lipinski definition) is 3. The maximum Gasteiger partial charge on any atom is 0.0914 e. The number of aliphatic hydroxyl groups excluding tert-OH is 1. The molecule has 0 saturated heterocycles. The fourth-order valence-electron chi connectivity index (χ4n) is 2.72. The highest BCUT2D eigenvalue weighted by Crippen LogP contribution is 2.21. The van der Waals surface area contributed by atoms with E-state index in [-0.39, 0.29) is 6.04 Å². The van der Waals surface area contributed by atoms with E-state index in [1.807, 2.05) is 67.6 Å². The average molecular weight is 318 g/mol. The molecule has 24 heavy (non-hydrogen) atoms. The number of nitrogens with one attached hydrogen (secondary N) is 1. The van der Waals surface area contributed by atoms with E-state index in [1.165, 1.54) is 5.56 Å². The van der Waals surface area contributed by atoms with Crippen LogP contribution in [0.5, 0.6) is 0 Å². The zero-order chi connectivity index (χ0) is 16.8. The molecule has 0 bridgehead atoms. The third kappa shape index (κ3) is 4.07. The van der Waals surface area contributed by atoms with Crippen LogP contribution in [0.25, 0.3) is 0 Å². The molecule has 1 aromatic heterocycles. The van der Waals surface area contributed by atoms with E-state index in [9.17, 15) is 5.11 Å². The minimum Gasteiger partial charge on any atom is -0.387 e. The summed E-state index contributed by atoms with van der Waals surface area (Å²) in [7, 11) is 0. The van der Waals surface area contributed by atoms with Crippen LogP contribution in [0.3, 0.4) is 0 Å². The summed E-state index contributed by atoms with van der Waals surface area (Å²) in [6.45, 7) is 2.50. The van der Waals surface area contributed by atoms with Crippen molar-refractivity contribution in [2.45, 2.75) is 19.1 Å². The Labute approximate surface area is 143 Å². The molecule has 0 aliphatic carbocycles. The van der Waals surface area contributed by atoms with Gasteiger partial charge in [-0.05, 0) is 30.2 Å². The molecule has 0 amide bonds. The zero-order valence-electron chi connectivity index (χ0n) is 13.8. The second-order valence-corrected chi connectivity index (χ2v) is 5.93. The summed E-state index contributed by atoms with van der Waals surface area (Å²) in [4.78, 5) is 4.47. The van der Waals surface area contributed by atoms with E-state index in [0.29, 0.717) is 6.54 Å². The Morgan fingerprint density at radius 1 is 0.875 bits per heavy atom. The summed E-state index contributed by atoms with van der Waals surface area (Å²) in [5, 5.41) is 13.9. The molecule has 3 heteroatoms. The van der Waals surface area contributed by atoms with Gasteiger partial charge in [0.25, 0.3) is 0 Å². The second kappa shape index (κ2) is 7.86. The number of rotatable bonds is 6. The van der Waals surface area contributed by atoms with Gasteiger partial charge in [0.1, 0.15) is 0 Å². The largest absolute Gasteiger partial charge is 0.387 e. The Balaban J connectivity index is 1.76. The minimum absolute atomic E-state index is 0.0486. The Hall–Kier alpha value is -2.49. The van der Waals surface area contributed by atoms with Gasteiger partial charge in [0.2, 0.25) is 0 Å². The Kier molecular flexibility index (Phi) is 5.36. The van der Waals surface area contributed by atoms with Gasteiger partial charge in [-0.3, -0.25) is 4.98 Å². The van der Waals surface area contributed by atoms with Gasteiger partial charge in [0.05, 0.1) is 17.8 Å². The normalized spacial score (nSPS) is 13.4. The van der Waals surface area contributed by atoms with Gasteiger partial charge in [-0.2, -0.15) is 0 Å². The molecule has 2 aromatic carbocycles. The van der Waals surface area contributed by atoms with Crippen molar-refractivity contribution in [2.24, 2.45) is 0 Å². The lowest BCUT2D eigenvalue weighted by atomic mass is 10.0. The summed E-state index contributed by atoms with van der Waals surface area (Å²) in [5.74, 6) is 0. The van der Waals surface area contributed by atoms with Crippen molar-refractivity contribution < 1.29 is 5.11 Å². The first-order valence-electron chi connectivity index (χ1n) is 8.18. The summed E-state index contributed by atoms with van der Waals surface area (Å²) in [5.41, 5.74) is 4.18. The van der Waals surface area contributed by atoms with Gasteiger partial charge < -0.3 is 10.4 Å². The minimum atomic E-state index is -0.555. The fraction of sp³-hybridized carbons (Fsp3) is 0.190. The average Bonchev–Trinajstić information content (AvgIpc) is 2.64. The highest BCUT2D eigenvalue weighted by Gasteiger charge is 2.16. The van der Waals surface area contributed by atoms with E-state index >= 15 is 0 Å². The molecule has 2 N–H and O–H groups in total. The molecule has 3 aromatic rings. The molecule has 1 heterocycles. The standard InChI is InChI=1S/C21H22N2O/c1-16-10-12-17(13-11-16)20(24)15-23-21(18-7-3-2-4-8-18)19-9-5-6-14-22-19/h2-14,20-21,23-24H,15H2,1H3/t20-,21+/m0/s1. The highest BCUT2D eigenvalue weighted by molar-refractivity contribution is 5.28. The van der Waals surface area contributed by atoms with Gasteiger partial charge in [-0.15, -0.1) is 0 Å². The summed E-state index contributed by atoms with van der Waals surface area (Å²) < 4.78 is 0. The molecule has 0 fully saturated rings. The molecule has 3 rings (SSSR count). The SMILES string of the molecule is Cc1ccc([C@@H](O)CN[C@H](c2ccccc2)c2ccccn2)cc1. The molecule has 0 spiro atoms. The van der Waals surface area contributed by atoms with Crippen LogP contribution in [0.2, 0.25) is 0 Å². The first-order chi connectivity index (χ1) is 11.7. The summed E-state index contributed by atoms with van der Waals surface area (Å²) in [6, 6.07) is 24.0. The molecule has 2 atom stereocenters. The lowest BCUT2D eigenvalue weighted by molar-refractivity contribution is 0.171. The van der Waals surface area contributed by atoms with Crippen LogP contribution >= 0.6 is 0 Å².